The Morgan fingerprint density at radius 3 is 2.80 bits per heavy atom. The first-order valence-corrected chi connectivity index (χ1v) is 3.50. The topological polar surface area (TPSA) is 52.6 Å². The molecule has 2 N–H and O–H groups in total. The number of carboxylic acid groups (broad SMARTS) is 1. The molecule has 2 heterocycles. The second-order valence-electron chi connectivity index (χ2n) is 2.93. The van der Waals surface area contributed by atoms with Crippen molar-refractivity contribution < 1.29 is 9.90 Å². The molecule has 2 atom stereocenters. The molecule has 0 aromatic carbocycles. The van der Waals surface area contributed by atoms with Gasteiger partial charge in [-0.1, -0.05) is 0 Å². The second-order valence-corrected chi connectivity index (χ2v) is 2.93. The molecular weight excluding hydrogens is 132 g/mol. The summed E-state index contributed by atoms with van der Waals surface area (Å²) in [6.07, 6.45) is 0.237. The second kappa shape index (κ2) is 1.85. The molecule has 1 unspecified atom stereocenters. The van der Waals surface area contributed by atoms with E-state index in [0.29, 0.717) is 12.6 Å². The van der Waals surface area contributed by atoms with Gasteiger partial charge in [-0.2, -0.15) is 0 Å². The van der Waals surface area contributed by atoms with Gasteiger partial charge in [-0.3, -0.25) is 0 Å². The highest BCUT2D eigenvalue weighted by molar-refractivity contribution is 5.66. The molecule has 0 spiro atoms. The van der Waals surface area contributed by atoms with Crippen LogP contribution < -0.4 is 5.32 Å². The Balaban J connectivity index is 2.08. The number of rotatable bonds is 0. The molecule has 0 radical (unpaired) electrons. The maximum absolute atomic E-state index is 10.5. The van der Waals surface area contributed by atoms with Crippen molar-refractivity contribution in [2.24, 2.45) is 0 Å². The van der Waals surface area contributed by atoms with Gasteiger partial charge in [0.15, 0.2) is 0 Å². The maximum atomic E-state index is 10.5. The number of hydrogen-bond donors (Lipinski definition) is 2. The van der Waals surface area contributed by atoms with E-state index in [1.807, 2.05) is 0 Å². The summed E-state index contributed by atoms with van der Waals surface area (Å²) in [4.78, 5) is 12.0. The number of nitrogens with zero attached hydrogens (tertiary/aromatic N) is 1. The molecule has 2 fully saturated rings. The molecule has 0 aromatic heterocycles. The molecular formula is C6H10N2O2. The number of likely N-dealkylation sites (tertiary alicyclic amines) is 1. The van der Waals surface area contributed by atoms with Gasteiger partial charge in [-0.25, -0.2) is 4.79 Å². The van der Waals surface area contributed by atoms with Gasteiger partial charge in [0, 0.05) is 25.2 Å². The Morgan fingerprint density at radius 2 is 2.50 bits per heavy atom. The SMILES string of the molecule is O=C(O)N1CC2C[C@H]1CN2. The van der Waals surface area contributed by atoms with Crippen LogP contribution in [-0.2, 0) is 0 Å². The third-order valence-corrected chi connectivity index (χ3v) is 2.30. The Bertz CT molecular complexity index is 171. The summed E-state index contributed by atoms with van der Waals surface area (Å²) in [5.74, 6) is 0. The third-order valence-electron chi connectivity index (χ3n) is 2.30. The van der Waals surface area contributed by atoms with Gasteiger partial charge in [0.1, 0.15) is 0 Å². The lowest BCUT2D eigenvalue weighted by Crippen LogP contribution is -2.45. The van der Waals surface area contributed by atoms with Gasteiger partial charge in [0.25, 0.3) is 0 Å². The molecule has 0 aromatic rings. The summed E-state index contributed by atoms with van der Waals surface area (Å²) in [5.41, 5.74) is 0. The van der Waals surface area contributed by atoms with E-state index >= 15 is 0 Å². The molecule has 4 nitrogen and oxygen atoms in total. The minimum atomic E-state index is -0.769. The number of amides is 1. The van der Waals surface area contributed by atoms with Crippen molar-refractivity contribution in [1.82, 2.24) is 10.2 Å². The van der Waals surface area contributed by atoms with E-state index in [1.54, 1.807) is 0 Å². The summed E-state index contributed by atoms with van der Waals surface area (Å²) in [6.45, 7) is 1.52. The van der Waals surface area contributed by atoms with Gasteiger partial charge in [0.2, 0.25) is 0 Å². The zero-order valence-electron chi connectivity index (χ0n) is 5.58. The third kappa shape index (κ3) is 0.686. The van der Waals surface area contributed by atoms with E-state index in [0.717, 1.165) is 13.0 Å². The molecule has 2 aliphatic rings. The fourth-order valence-corrected chi connectivity index (χ4v) is 1.80. The highest BCUT2D eigenvalue weighted by atomic mass is 16.4. The van der Waals surface area contributed by atoms with Crippen LogP contribution in [0.15, 0.2) is 0 Å². The van der Waals surface area contributed by atoms with Crippen LogP contribution in [0, 0.1) is 0 Å². The van der Waals surface area contributed by atoms with Gasteiger partial charge in [-0.05, 0) is 6.42 Å². The predicted octanol–water partition coefficient (Wildman–Crippen LogP) is -0.289. The highest BCUT2D eigenvalue weighted by Gasteiger charge is 2.39. The van der Waals surface area contributed by atoms with E-state index in [-0.39, 0.29) is 6.04 Å². The molecule has 10 heavy (non-hydrogen) atoms. The van der Waals surface area contributed by atoms with Gasteiger partial charge in [0.05, 0.1) is 0 Å². The van der Waals surface area contributed by atoms with Gasteiger partial charge >= 0.3 is 6.09 Å². The quantitative estimate of drug-likeness (QED) is 0.488. The van der Waals surface area contributed by atoms with Gasteiger partial charge < -0.3 is 15.3 Å². The Labute approximate surface area is 58.8 Å². The molecule has 2 bridgehead atoms. The lowest BCUT2D eigenvalue weighted by Gasteiger charge is -2.23. The van der Waals surface area contributed by atoms with Crippen molar-refractivity contribution in [3.8, 4) is 0 Å². The average Bonchev–Trinajstić information content (AvgIpc) is 2.44. The number of nitrogens with one attached hydrogen (secondary N) is 1. The molecule has 2 rings (SSSR count). The predicted molar refractivity (Wildman–Crippen MR) is 34.9 cm³/mol. The number of piperazine rings is 1. The smallest absolute Gasteiger partial charge is 0.407 e. The zero-order chi connectivity index (χ0) is 7.14. The Kier molecular flexibility index (Phi) is 1.11. The first kappa shape index (κ1) is 5.97. The fraction of sp³-hybridized carbons (Fsp3) is 0.833. The summed E-state index contributed by atoms with van der Waals surface area (Å²) in [5, 5.41) is 11.9. The summed E-state index contributed by atoms with van der Waals surface area (Å²) in [7, 11) is 0. The van der Waals surface area contributed by atoms with Crippen molar-refractivity contribution in [3.05, 3.63) is 0 Å². The van der Waals surface area contributed by atoms with Crippen LogP contribution in [0.5, 0.6) is 0 Å². The molecule has 2 saturated heterocycles. The first-order valence-electron chi connectivity index (χ1n) is 3.50. The molecule has 56 valence electrons. The minimum absolute atomic E-state index is 0.252. The monoisotopic (exact) mass is 142 g/mol. The minimum Gasteiger partial charge on any atom is -0.465 e. The molecule has 0 aliphatic carbocycles. The highest BCUT2D eigenvalue weighted by Crippen LogP contribution is 2.22. The lowest BCUT2D eigenvalue weighted by molar-refractivity contribution is 0.134. The largest absolute Gasteiger partial charge is 0.465 e. The van der Waals surface area contributed by atoms with E-state index < -0.39 is 6.09 Å². The molecule has 2 aliphatic heterocycles. The Morgan fingerprint density at radius 1 is 1.70 bits per heavy atom. The first-order chi connectivity index (χ1) is 4.77. The zero-order valence-corrected chi connectivity index (χ0v) is 5.58. The van der Waals surface area contributed by atoms with Crippen LogP contribution >= 0.6 is 0 Å². The van der Waals surface area contributed by atoms with E-state index in [2.05, 4.69) is 5.32 Å². The van der Waals surface area contributed by atoms with E-state index in [1.165, 1.54) is 4.90 Å². The number of carbonyl (C=O) groups is 1. The molecule has 1 amide bonds. The standard InChI is InChI=1S/C6H10N2O2/c9-6(10)8-3-4-1-5(8)2-7-4/h4-5,7H,1-3H2,(H,9,10)/t4?,5-/m0/s1. The van der Waals surface area contributed by atoms with Crippen LogP contribution in [0.25, 0.3) is 0 Å². The van der Waals surface area contributed by atoms with Crippen molar-refractivity contribution in [2.45, 2.75) is 18.5 Å². The van der Waals surface area contributed by atoms with E-state index in [4.69, 9.17) is 5.11 Å². The van der Waals surface area contributed by atoms with Crippen LogP contribution in [0.4, 0.5) is 4.79 Å². The van der Waals surface area contributed by atoms with Crippen LogP contribution in [0.1, 0.15) is 6.42 Å². The van der Waals surface area contributed by atoms with Crippen LogP contribution in [0.2, 0.25) is 0 Å². The number of fused-ring (bicyclic) bond motifs is 2. The fourth-order valence-electron chi connectivity index (χ4n) is 1.80. The summed E-state index contributed by atoms with van der Waals surface area (Å²) in [6, 6.07) is 0.684. The lowest BCUT2D eigenvalue weighted by atomic mass is 10.2. The van der Waals surface area contributed by atoms with Crippen LogP contribution in [0.3, 0.4) is 0 Å². The molecule has 0 saturated carbocycles. The van der Waals surface area contributed by atoms with Crippen molar-refractivity contribution >= 4 is 6.09 Å². The Hall–Kier alpha value is -0.770. The maximum Gasteiger partial charge on any atom is 0.407 e. The van der Waals surface area contributed by atoms with Crippen molar-refractivity contribution in [1.29, 1.82) is 0 Å². The normalized spacial score (nSPS) is 37.0. The van der Waals surface area contributed by atoms with Crippen molar-refractivity contribution in [2.75, 3.05) is 13.1 Å². The van der Waals surface area contributed by atoms with Gasteiger partial charge in [-0.15, -0.1) is 0 Å². The van der Waals surface area contributed by atoms with Crippen molar-refractivity contribution in [3.63, 3.8) is 0 Å². The summed E-state index contributed by atoms with van der Waals surface area (Å²) >= 11 is 0. The van der Waals surface area contributed by atoms with E-state index in [9.17, 15) is 4.79 Å². The summed E-state index contributed by atoms with van der Waals surface area (Å²) < 4.78 is 0. The molecule has 4 heteroatoms. The van der Waals surface area contributed by atoms with Crippen LogP contribution in [-0.4, -0.2) is 41.3 Å². The average molecular weight is 142 g/mol. The number of hydrogen-bond acceptors (Lipinski definition) is 2.